The molecule has 2 aliphatic heterocycles. The second kappa shape index (κ2) is 9.79. The smallest absolute Gasteiger partial charge is 0.174 e. The van der Waals surface area contributed by atoms with Gasteiger partial charge in [-0.15, -0.1) is 11.3 Å². The Morgan fingerprint density at radius 3 is 2.41 bits per heavy atom. The van der Waals surface area contributed by atoms with Gasteiger partial charge in [0, 0.05) is 49.7 Å². The number of morpholine rings is 2. The first kappa shape index (κ1) is 21.7. The molecule has 2 aliphatic rings. The molecule has 0 N–H and O–H groups in total. The number of rotatable bonds is 6. The Kier molecular flexibility index (Phi) is 6.24. The minimum atomic E-state index is 0.692. The van der Waals surface area contributed by atoms with Crippen LogP contribution in [0.1, 0.15) is 16.3 Å². The van der Waals surface area contributed by atoms with Gasteiger partial charge in [-0.25, -0.2) is 9.50 Å². The lowest BCUT2D eigenvalue weighted by Crippen LogP contribution is -2.36. The van der Waals surface area contributed by atoms with Crippen LogP contribution in [0.3, 0.4) is 0 Å². The molecule has 6 rings (SSSR count). The summed E-state index contributed by atoms with van der Waals surface area (Å²) in [5.41, 5.74) is 4.20. The van der Waals surface area contributed by atoms with Crippen molar-refractivity contribution in [2.24, 2.45) is 0 Å². The largest absolute Gasteiger partial charge is 0.379 e. The Morgan fingerprint density at radius 1 is 0.853 bits per heavy atom. The van der Waals surface area contributed by atoms with Crippen molar-refractivity contribution in [1.82, 2.24) is 24.5 Å². The first-order valence-corrected chi connectivity index (χ1v) is 12.6. The van der Waals surface area contributed by atoms with Crippen molar-refractivity contribution in [3.63, 3.8) is 0 Å². The van der Waals surface area contributed by atoms with Crippen LogP contribution in [0.5, 0.6) is 0 Å². The summed E-state index contributed by atoms with van der Waals surface area (Å²) in [5, 5.41) is 4.84. The van der Waals surface area contributed by atoms with Crippen molar-refractivity contribution >= 4 is 22.7 Å². The average Bonchev–Trinajstić information content (AvgIpc) is 3.52. The van der Waals surface area contributed by atoms with Crippen molar-refractivity contribution in [2.75, 3.05) is 57.5 Å². The fraction of sp³-hybridized carbons (Fsp3) is 0.400. The van der Waals surface area contributed by atoms with Crippen molar-refractivity contribution in [3.8, 4) is 10.6 Å². The molecule has 0 bridgehead atoms. The number of fused-ring (bicyclic) bond motifs is 1. The zero-order valence-electron chi connectivity index (χ0n) is 19.1. The molecule has 4 aromatic rings. The highest BCUT2D eigenvalue weighted by Crippen LogP contribution is 2.29. The Bertz CT molecular complexity index is 1240. The van der Waals surface area contributed by atoms with E-state index in [-0.39, 0.29) is 0 Å². The standard InChI is InChI=1S/C25H28N6O2S/c1-3-20(30-9-13-33-14-10-30)4-2-19(1)15-24-27-25-17-26-16-22(31(25)28-24)23-6-5-21(34-23)18-29-7-11-32-12-8-29/h1-6,16-17H,7-15,18H2. The van der Waals surface area contributed by atoms with Crippen molar-refractivity contribution < 1.29 is 9.47 Å². The summed E-state index contributed by atoms with van der Waals surface area (Å²) in [4.78, 5) is 16.5. The minimum absolute atomic E-state index is 0.692. The van der Waals surface area contributed by atoms with Crippen LogP contribution in [0.15, 0.2) is 48.8 Å². The summed E-state index contributed by atoms with van der Waals surface area (Å²) in [5.74, 6) is 0.804. The number of benzene rings is 1. The molecule has 5 heterocycles. The van der Waals surface area contributed by atoms with E-state index in [1.165, 1.54) is 16.1 Å². The van der Waals surface area contributed by atoms with E-state index >= 15 is 0 Å². The number of ether oxygens (including phenoxy) is 2. The fourth-order valence-corrected chi connectivity index (χ4v) is 5.56. The number of aromatic nitrogens is 4. The number of hydrogen-bond donors (Lipinski definition) is 0. The summed E-state index contributed by atoms with van der Waals surface area (Å²) in [6.07, 6.45) is 4.36. The molecule has 0 radical (unpaired) electrons. The maximum atomic E-state index is 5.47. The summed E-state index contributed by atoms with van der Waals surface area (Å²) in [6, 6.07) is 13.1. The lowest BCUT2D eigenvalue weighted by molar-refractivity contribution is 0.0346. The van der Waals surface area contributed by atoms with E-state index in [4.69, 9.17) is 19.6 Å². The van der Waals surface area contributed by atoms with Crippen molar-refractivity contribution in [2.45, 2.75) is 13.0 Å². The molecular weight excluding hydrogens is 448 g/mol. The number of thiophene rings is 1. The summed E-state index contributed by atoms with van der Waals surface area (Å²) < 4.78 is 12.9. The van der Waals surface area contributed by atoms with Crippen molar-refractivity contribution in [1.29, 1.82) is 0 Å². The molecule has 1 aromatic carbocycles. The van der Waals surface area contributed by atoms with Gasteiger partial charge >= 0.3 is 0 Å². The minimum Gasteiger partial charge on any atom is -0.379 e. The number of hydrogen-bond acceptors (Lipinski definition) is 8. The molecule has 0 amide bonds. The van der Waals surface area contributed by atoms with E-state index in [1.54, 1.807) is 17.5 Å². The summed E-state index contributed by atoms with van der Waals surface area (Å²) in [7, 11) is 0. The molecule has 176 valence electrons. The van der Waals surface area contributed by atoms with Gasteiger partial charge in [0.2, 0.25) is 0 Å². The third-order valence-corrected chi connectivity index (χ3v) is 7.46. The van der Waals surface area contributed by atoms with Crippen LogP contribution in [-0.2, 0) is 22.4 Å². The highest BCUT2D eigenvalue weighted by Gasteiger charge is 2.16. The van der Waals surface area contributed by atoms with E-state index in [1.807, 2.05) is 10.7 Å². The molecule has 2 fully saturated rings. The first-order valence-electron chi connectivity index (χ1n) is 11.8. The Balaban J connectivity index is 1.19. The Hall–Kier alpha value is -2.85. The molecule has 0 unspecified atom stereocenters. The van der Waals surface area contributed by atoms with Gasteiger partial charge in [-0.05, 0) is 29.8 Å². The van der Waals surface area contributed by atoms with Gasteiger partial charge in [-0.3, -0.25) is 9.88 Å². The molecule has 0 atom stereocenters. The highest BCUT2D eigenvalue weighted by atomic mass is 32.1. The van der Waals surface area contributed by atoms with Gasteiger partial charge in [0.15, 0.2) is 11.5 Å². The third kappa shape index (κ3) is 4.69. The van der Waals surface area contributed by atoms with E-state index in [0.29, 0.717) is 6.42 Å². The van der Waals surface area contributed by atoms with Gasteiger partial charge in [0.25, 0.3) is 0 Å². The summed E-state index contributed by atoms with van der Waals surface area (Å²) in [6.45, 7) is 8.05. The van der Waals surface area contributed by atoms with Crippen LogP contribution >= 0.6 is 11.3 Å². The van der Waals surface area contributed by atoms with Crippen molar-refractivity contribution in [3.05, 3.63) is 65.1 Å². The van der Waals surface area contributed by atoms with Gasteiger partial charge in [0.05, 0.1) is 43.7 Å². The summed E-state index contributed by atoms with van der Waals surface area (Å²) >= 11 is 1.80. The predicted molar refractivity (Wildman–Crippen MR) is 132 cm³/mol. The van der Waals surface area contributed by atoms with Gasteiger partial charge in [-0.1, -0.05) is 12.1 Å². The quantitative estimate of drug-likeness (QED) is 0.424. The number of nitrogens with zero attached hydrogens (tertiary/aromatic N) is 6. The lowest BCUT2D eigenvalue weighted by Gasteiger charge is -2.28. The fourth-order valence-electron chi connectivity index (χ4n) is 4.51. The van der Waals surface area contributed by atoms with E-state index < -0.39 is 0 Å². The van der Waals surface area contributed by atoms with Crippen LogP contribution < -0.4 is 4.90 Å². The van der Waals surface area contributed by atoms with E-state index in [2.05, 4.69) is 51.2 Å². The molecule has 0 aliphatic carbocycles. The van der Waals surface area contributed by atoms with E-state index in [9.17, 15) is 0 Å². The van der Waals surface area contributed by atoms with Crippen LogP contribution in [-0.4, -0.2) is 77.1 Å². The van der Waals surface area contributed by atoms with E-state index in [0.717, 1.165) is 81.2 Å². The molecule has 0 saturated carbocycles. The molecule has 0 spiro atoms. The van der Waals surface area contributed by atoms with Gasteiger partial charge in [-0.2, -0.15) is 5.10 Å². The van der Waals surface area contributed by atoms with Crippen LogP contribution in [0.4, 0.5) is 5.69 Å². The normalized spacial score (nSPS) is 17.5. The zero-order valence-corrected chi connectivity index (χ0v) is 19.9. The maximum absolute atomic E-state index is 5.47. The lowest BCUT2D eigenvalue weighted by atomic mass is 10.1. The second-order valence-corrected chi connectivity index (χ2v) is 9.86. The zero-order chi connectivity index (χ0) is 22.7. The second-order valence-electron chi connectivity index (χ2n) is 8.69. The number of anilines is 1. The Labute approximate surface area is 202 Å². The average molecular weight is 477 g/mol. The third-order valence-electron chi connectivity index (χ3n) is 6.36. The van der Waals surface area contributed by atoms with Gasteiger partial charge in [0.1, 0.15) is 5.69 Å². The molecular formula is C25H28N6O2S. The molecule has 3 aromatic heterocycles. The SMILES string of the molecule is c1cc(N2CCOCC2)ccc1Cc1nc2cncc(-c3ccc(CN4CCOCC4)s3)n2n1. The monoisotopic (exact) mass is 476 g/mol. The molecule has 8 nitrogen and oxygen atoms in total. The van der Waals surface area contributed by atoms with Gasteiger partial charge < -0.3 is 14.4 Å². The molecule has 9 heteroatoms. The van der Waals surface area contributed by atoms with Crippen LogP contribution in [0, 0.1) is 0 Å². The molecule has 34 heavy (non-hydrogen) atoms. The molecule has 2 saturated heterocycles. The topological polar surface area (TPSA) is 68.0 Å². The maximum Gasteiger partial charge on any atom is 0.174 e. The Morgan fingerprint density at radius 2 is 1.62 bits per heavy atom. The van der Waals surface area contributed by atoms with Crippen LogP contribution in [0.25, 0.3) is 16.2 Å². The first-order chi connectivity index (χ1) is 16.8. The highest BCUT2D eigenvalue weighted by molar-refractivity contribution is 7.15. The predicted octanol–water partition coefficient (Wildman–Crippen LogP) is 3.11. The van der Waals surface area contributed by atoms with Crippen LogP contribution in [0.2, 0.25) is 0 Å².